The van der Waals surface area contributed by atoms with Crippen LogP contribution in [0.2, 0.25) is 0 Å². The van der Waals surface area contributed by atoms with E-state index in [9.17, 15) is 0 Å². The number of ether oxygens (including phenoxy) is 1. The minimum Gasteiger partial charge on any atom is -0.430 e. The summed E-state index contributed by atoms with van der Waals surface area (Å²) in [6.45, 7) is 6.52. The predicted molar refractivity (Wildman–Crippen MR) is 75.7 cm³/mol. The Morgan fingerprint density at radius 1 is 1.21 bits per heavy atom. The second-order valence-corrected chi connectivity index (χ2v) is 6.01. The van der Waals surface area contributed by atoms with Crippen LogP contribution in [0.15, 0.2) is 24.3 Å². The normalized spacial score (nSPS) is 11.6. The smallest absolute Gasteiger partial charge is 0.299 e. The Bertz CT molecular complexity index is 535. The van der Waals surface area contributed by atoms with Gasteiger partial charge in [-0.05, 0) is 29.5 Å². The summed E-state index contributed by atoms with van der Waals surface area (Å²) in [5, 5.41) is 17.6. The molecule has 0 fully saturated rings. The van der Waals surface area contributed by atoms with Gasteiger partial charge in [0.25, 0.3) is 5.19 Å². The van der Waals surface area contributed by atoms with Gasteiger partial charge in [0, 0.05) is 0 Å². The number of aromatic nitrogens is 2. The largest absolute Gasteiger partial charge is 0.430 e. The maximum atomic E-state index is 8.92. The van der Waals surface area contributed by atoms with E-state index in [0.717, 1.165) is 12.2 Å². The Morgan fingerprint density at radius 2 is 1.89 bits per heavy atom. The molecule has 0 aliphatic heterocycles. The van der Waals surface area contributed by atoms with E-state index < -0.39 is 0 Å². The van der Waals surface area contributed by atoms with Crippen molar-refractivity contribution in [1.29, 1.82) is 0 Å². The molecule has 2 rings (SSSR count). The van der Waals surface area contributed by atoms with Crippen molar-refractivity contribution in [3.63, 3.8) is 0 Å². The first kappa shape index (κ1) is 14.0. The molecule has 0 aliphatic carbocycles. The molecule has 0 saturated carbocycles. The van der Waals surface area contributed by atoms with Crippen LogP contribution in [0.4, 0.5) is 0 Å². The van der Waals surface area contributed by atoms with Crippen molar-refractivity contribution in [2.24, 2.45) is 0 Å². The van der Waals surface area contributed by atoms with Crippen LogP contribution in [0.1, 0.15) is 37.8 Å². The maximum Gasteiger partial charge on any atom is 0.299 e. The average molecular weight is 278 g/mol. The second-order valence-electron chi connectivity index (χ2n) is 4.98. The summed E-state index contributed by atoms with van der Waals surface area (Å²) in [6.07, 6.45) is 1.09. The molecule has 0 aliphatic rings. The zero-order valence-electron chi connectivity index (χ0n) is 11.4. The summed E-state index contributed by atoms with van der Waals surface area (Å²) >= 11 is 1.25. The number of rotatable bonds is 5. The third-order valence-electron chi connectivity index (χ3n) is 3.31. The summed E-state index contributed by atoms with van der Waals surface area (Å²) in [5.41, 5.74) is 1.46. The fraction of sp³-hybridized carbons (Fsp3) is 0.429. The SMILES string of the molecule is CCC(C)(C)c1ccc(Oc2nnc(CO)s2)cc1. The Morgan fingerprint density at radius 3 is 2.42 bits per heavy atom. The number of aliphatic hydroxyl groups is 1. The second kappa shape index (κ2) is 5.67. The Labute approximate surface area is 117 Å². The highest BCUT2D eigenvalue weighted by Crippen LogP contribution is 2.30. The quantitative estimate of drug-likeness (QED) is 0.909. The van der Waals surface area contributed by atoms with Gasteiger partial charge in [-0.15, -0.1) is 5.10 Å². The lowest BCUT2D eigenvalue weighted by Gasteiger charge is -2.23. The van der Waals surface area contributed by atoms with Crippen LogP contribution in [0.5, 0.6) is 10.9 Å². The molecule has 0 saturated heterocycles. The zero-order chi connectivity index (χ0) is 13.9. The van der Waals surface area contributed by atoms with Gasteiger partial charge in [0.2, 0.25) is 0 Å². The van der Waals surface area contributed by atoms with E-state index >= 15 is 0 Å². The lowest BCUT2D eigenvalue weighted by atomic mass is 9.82. The van der Waals surface area contributed by atoms with Gasteiger partial charge in [0.15, 0.2) is 0 Å². The van der Waals surface area contributed by atoms with Crippen LogP contribution < -0.4 is 4.74 Å². The summed E-state index contributed by atoms with van der Waals surface area (Å²) in [5.74, 6) is 0.733. The summed E-state index contributed by atoms with van der Waals surface area (Å²) in [7, 11) is 0. The zero-order valence-corrected chi connectivity index (χ0v) is 12.2. The fourth-order valence-corrected chi connectivity index (χ4v) is 2.19. The molecule has 2 aromatic rings. The average Bonchev–Trinajstić information content (AvgIpc) is 2.87. The first-order chi connectivity index (χ1) is 9.05. The highest BCUT2D eigenvalue weighted by atomic mass is 32.1. The Hall–Kier alpha value is -1.46. The number of hydrogen-bond donors (Lipinski definition) is 1. The lowest BCUT2D eigenvalue weighted by Crippen LogP contribution is -2.14. The molecule has 1 N–H and O–H groups in total. The third kappa shape index (κ3) is 3.30. The van der Waals surface area contributed by atoms with Gasteiger partial charge >= 0.3 is 0 Å². The van der Waals surface area contributed by atoms with Crippen molar-refractivity contribution in [2.45, 2.75) is 39.2 Å². The molecule has 0 amide bonds. The van der Waals surface area contributed by atoms with Crippen molar-refractivity contribution in [3.8, 4) is 10.9 Å². The van der Waals surface area contributed by atoms with Crippen LogP contribution in [0, 0.1) is 0 Å². The van der Waals surface area contributed by atoms with Gasteiger partial charge in [-0.25, -0.2) is 0 Å². The van der Waals surface area contributed by atoms with Crippen LogP contribution >= 0.6 is 11.3 Å². The van der Waals surface area contributed by atoms with Crippen molar-refractivity contribution < 1.29 is 9.84 Å². The monoisotopic (exact) mass is 278 g/mol. The molecule has 1 aromatic heterocycles. The van der Waals surface area contributed by atoms with E-state index in [1.165, 1.54) is 16.9 Å². The van der Waals surface area contributed by atoms with Crippen molar-refractivity contribution >= 4 is 11.3 Å². The molecule has 0 atom stereocenters. The minimum atomic E-state index is -0.106. The van der Waals surface area contributed by atoms with Crippen molar-refractivity contribution in [2.75, 3.05) is 0 Å². The highest BCUT2D eigenvalue weighted by molar-refractivity contribution is 7.13. The maximum absolute atomic E-state index is 8.92. The topological polar surface area (TPSA) is 55.2 Å². The molecule has 4 nitrogen and oxygen atoms in total. The van der Waals surface area contributed by atoms with Gasteiger partial charge in [-0.2, -0.15) is 0 Å². The molecule has 0 radical (unpaired) electrons. The molecule has 1 heterocycles. The molecule has 5 heteroatoms. The molecule has 19 heavy (non-hydrogen) atoms. The highest BCUT2D eigenvalue weighted by Gasteiger charge is 2.17. The van der Waals surface area contributed by atoms with Gasteiger partial charge in [-0.1, -0.05) is 49.3 Å². The predicted octanol–water partition coefficient (Wildman–Crippen LogP) is 3.51. The van der Waals surface area contributed by atoms with E-state index in [-0.39, 0.29) is 12.0 Å². The van der Waals surface area contributed by atoms with Gasteiger partial charge in [0.1, 0.15) is 10.8 Å². The number of benzene rings is 1. The summed E-state index contributed by atoms with van der Waals surface area (Å²) in [6, 6.07) is 8.03. The van der Waals surface area contributed by atoms with E-state index in [1.54, 1.807) is 0 Å². The Balaban J connectivity index is 2.10. The molecular formula is C14H18N2O2S. The van der Waals surface area contributed by atoms with E-state index in [0.29, 0.717) is 10.2 Å². The van der Waals surface area contributed by atoms with E-state index in [1.807, 2.05) is 12.1 Å². The van der Waals surface area contributed by atoms with Crippen LogP contribution in [-0.4, -0.2) is 15.3 Å². The molecule has 1 aromatic carbocycles. The number of nitrogens with zero attached hydrogens (tertiary/aromatic N) is 2. The fourth-order valence-electron chi connectivity index (χ4n) is 1.62. The van der Waals surface area contributed by atoms with Crippen LogP contribution in [0.3, 0.4) is 0 Å². The van der Waals surface area contributed by atoms with Crippen LogP contribution in [0.25, 0.3) is 0 Å². The third-order valence-corrected chi connectivity index (χ3v) is 4.09. The molecular weight excluding hydrogens is 260 g/mol. The lowest BCUT2D eigenvalue weighted by molar-refractivity contribution is 0.280. The van der Waals surface area contributed by atoms with Gasteiger partial charge in [0.05, 0.1) is 6.61 Å². The van der Waals surface area contributed by atoms with Gasteiger partial charge in [-0.3, -0.25) is 0 Å². The minimum absolute atomic E-state index is 0.106. The summed E-state index contributed by atoms with van der Waals surface area (Å²) < 4.78 is 5.60. The molecule has 102 valence electrons. The summed E-state index contributed by atoms with van der Waals surface area (Å²) in [4.78, 5) is 0. The first-order valence-corrected chi connectivity index (χ1v) is 7.08. The Kier molecular flexibility index (Phi) is 4.17. The van der Waals surface area contributed by atoms with E-state index in [2.05, 4.69) is 43.1 Å². The van der Waals surface area contributed by atoms with Gasteiger partial charge < -0.3 is 9.84 Å². The van der Waals surface area contributed by atoms with Crippen LogP contribution in [-0.2, 0) is 12.0 Å². The van der Waals surface area contributed by atoms with Crippen molar-refractivity contribution in [1.82, 2.24) is 10.2 Å². The van der Waals surface area contributed by atoms with E-state index in [4.69, 9.17) is 9.84 Å². The van der Waals surface area contributed by atoms with Crippen molar-refractivity contribution in [3.05, 3.63) is 34.8 Å². The molecule has 0 bridgehead atoms. The molecule has 0 unspecified atom stereocenters. The number of hydrogen-bond acceptors (Lipinski definition) is 5. The molecule has 0 spiro atoms. The standard InChI is InChI=1S/C14H18N2O2S/c1-4-14(2,3)10-5-7-11(8-6-10)18-13-16-15-12(9-17)19-13/h5-8,17H,4,9H2,1-3H3. The first-order valence-electron chi connectivity index (χ1n) is 6.27. The number of aliphatic hydroxyl groups excluding tert-OH is 1.